The molecule has 0 spiro atoms. The summed E-state index contributed by atoms with van der Waals surface area (Å²) in [6.07, 6.45) is 0. The summed E-state index contributed by atoms with van der Waals surface area (Å²) in [5, 5.41) is 0. The molecule has 0 aromatic rings. The first-order valence-electron chi connectivity index (χ1n) is 0.651. The molecule has 28 valence electrons. The van der Waals surface area contributed by atoms with Crippen LogP contribution in [0.4, 0.5) is 0 Å². The molecule has 0 heterocycles. The van der Waals surface area contributed by atoms with E-state index in [1.54, 1.807) is 0 Å². The molecule has 0 aliphatic carbocycles. The molecule has 0 aliphatic rings. The Bertz CT molecular complexity index is 33.8. The van der Waals surface area contributed by atoms with Crippen molar-refractivity contribution < 1.29 is 60.8 Å². The van der Waals surface area contributed by atoms with Gasteiger partial charge in [0.05, 0.1) is 0 Å². The van der Waals surface area contributed by atoms with Crippen LogP contribution in [0.25, 0.3) is 0 Å². The molecule has 0 bridgehead atoms. The van der Waals surface area contributed by atoms with E-state index in [-0.39, 0.29) is 46.8 Å². The van der Waals surface area contributed by atoms with Gasteiger partial charge in [-0.3, -0.25) is 4.46 Å². The second-order valence-electron chi connectivity index (χ2n) is 0.283. The van der Waals surface area contributed by atoms with Crippen LogP contribution in [-0.4, -0.2) is 18.8 Å². The van der Waals surface area contributed by atoms with E-state index >= 15 is 0 Å². The summed E-state index contributed by atoms with van der Waals surface area (Å²) >= 11 is 0. The van der Waals surface area contributed by atoms with Crippen LogP contribution in [0.1, 0.15) is 0 Å². The third-order valence-electron chi connectivity index (χ3n) is 0. The van der Waals surface area contributed by atoms with Crippen molar-refractivity contribution in [1.82, 2.24) is 0 Å². The smallest absolute Gasteiger partial charge is 0.511 e. The van der Waals surface area contributed by atoms with Crippen molar-refractivity contribution in [3.63, 3.8) is 0 Å². The van der Waals surface area contributed by atoms with Gasteiger partial charge in [-0.25, -0.2) is 0 Å². The van der Waals surface area contributed by atoms with Gasteiger partial charge in [0.25, 0.3) is 0 Å². The Morgan fingerprint density at radius 1 is 1.33 bits per heavy atom. The molecule has 0 saturated heterocycles. The summed E-state index contributed by atoms with van der Waals surface area (Å²) in [4.78, 5) is 14.3. The Labute approximate surface area is 69.6 Å². The van der Waals surface area contributed by atoms with Gasteiger partial charge in [-0.2, -0.15) is 0 Å². The van der Waals surface area contributed by atoms with Crippen molar-refractivity contribution in [2.75, 3.05) is 0 Å². The maximum Gasteiger partial charge on any atom is 0.761 e. The van der Waals surface area contributed by atoms with Gasteiger partial charge in [-0.1, -0.05) is 0 Å². The fourth-order valence-electron chi connectivity index (χ4n) is 0. The predicted octanol–water partition coefficient (Wildman–Crippen LogP) is -1.62. The zero-order chi connectivity index (χ0) is 3.58. The van der Waals surface area contributed by atoms with Crippen LogP contribution in [0, 0.1) is 0 Å². The molecular formula is H2CdO3SiZn. The molecule has 0 radical (unpaired) electrons. The molecule has 0 rings (SSSR count). The summed E-state index contributed by atoms with van der Waals surface area (Å²) < 4.78 is 8.74. The van der Waals surface area contributed by atoms with Crippen LogP contribution in [0.2, 0.25) is 0 Å². The van der Waals surface area contributed by atoms with E-state index < -0.39 is 9.17 Å². The standard InChI is InChI=1S/Cd.H2O3Si.Zn/c;1-4(2)3;/h;1-2H;. The van der Waals surface area contributed by atoms with Crippen LogP contribution >= 0.6 is 0 Å². The average Bonchev–Trinajstić information content (AvgIpc) is 0.811. The maximum absolute atomic E-state index is 8.74. The van der Waals surface area contributed by atoms with E-state index in [9.17, 15) is 0 Å². The SMILES string of the molecule is O=[Si](O)O.[Cd].[Zn]. The van der Waals surface area contributed by atoms with Gasteiger partial charge in [0.2, 0.25) is 0 Å². The third kappa shape index (κ3) is 66.2. The monoisotopic (exact) mass is 256 g/mol. The second kappa shape index (κ2) is 9.48. The van der Waals surface area contributed by atoms with Crippen LogP contribution in [0.3, 0.4) is 0 Å². The summed E-state index contributed by atoms with van der Waals surface area (Å²) in [5.41, 5.74) is 0. The third-order valence-corrected chi connectivity index (χ3v) is 0. The first kappa shape index (κ1) is 15.7. The number of hydrogen-bond acceptors (Lipinski definition) is 1. The van der Waals surface area contributed by atoms with E-state index in [2.05, 4.69) is 0 Å². The van der Waals surface area contributed by atoms with Crippen molar-refractivity contribution >= 4 is 9.17 Å². The molecular weight excluding hydrogens is 254 g/mol. The largest absolute Gasteiger partial charge is 0.761 e. The van der Waals surface area contributed by atoms with Gasteiger partial charge >= 0.3 is 9.17 Å². The van der Waals surface area contributed by atoms with Crippen molar-refractivity contribution in [2.24, 2.45) is 0 Å². The molecule has 0 saturated carbocycles. The van der Waals surface area contributed by atoms with E-state index in [0.717, 1.165) is 0 Å². The van der Waals surface area contributed by atoms with Crippen molar-refractivity contribution in [1.29, 1.82) is 0 Å². The Kier molecular flexibility index (Phi) is 24.8. The molecule has 0 fully saturated rings. The summed E-state index contributed by atoms with van der Waals surface area (Å²) in [6, 6.07) is 0. The van der Waals surface area contributed by atoms with E-state index in [1.807, 2.05) is 0 Å². The molecule has 0 atom stereocenters. The van der Waals surface area contributed by atoms with Gasteiger partial charge < -0.3 is 9.59 Å². The number of rotatable bonds is 0. The van der Waals surface area contributed by atoms with E-state index in [0.29, 0.717) is 0 Å². The molecule has 0 aromatic heterocycles. The van der Waals surface area contributed by atoms with Gasteiger partial charge in [-0.05, 0) is 0 Å². The minimum Gasteiger partial charge on any atom is -0.511 e. The molecule has 0 aromatic carbocycles. The predicted molar refractivity (Wildman–Crippen MR) is 10.9 cm³/mol. The summed E-state index contributed by atoms with van der Waals surface area (Å²) in [5.74, 6) is 0. The fraction of sp³-hybridized carbons (Fsp3) is 0. The van der Waals surface area contributed by atoms with Crippen molar-refractivity contribution in [3.05, 3.63) is 0 Å². The zero-order valence-corrected chi connectivity index (χ0v) is 11.2. The molecule has 6 heavy (non-hydrogen) atoms. The first-order valence-corrected chi connectivity index (χ1v) is 1.95. The second-order valence-corrected chi connectivity index (χ2v) is 0.848. The summed E-state index contributed by atoms with van der Waals surface area (Å²) in [6.45, 7) is 0. The zero-order valence-electron chi connectivity index (χ0n) is 3.22. The van der Waals surface area contributed by atoms with Gasteiger partial charge in [0.1, 0.15) is 0 Å². The van der Waals surface area contributed by atoms with Crippen LogP contribution in [0.15, 0.2) is 0 Å². The molecule has 0 aliphatic heterocycles. The van der Waals surface area contributed by atoms with Gasteiger partial charge in [0.15, 0.2) is 0 Å². The Morgan fingerprint density at radius 2 is 1.33 bits per heavy atom. The molecule has 2 N–H and O–H groups in total. The Hall–Kier alpha value is 1.16. The van der Waals surface area contributed by atoms with Crippen LogP contribution in [0.5, 0.6) is 0 Å². The minimum absolute atomic E-state index is 0. The minimum atomic E-state index is -3.13. The van der Waals surface area contributed by atoms with E-state index in [1.165, 1.54) is 0 Å². The van der Waals surface area contributed by atoms with E-state index in [4.69, 9.17) is 14.1 Å². The summed E-state index contributed by atoms with van der Waals surface area (Å²) in [7, 11) is -3.13. The molecule has 6 heteroatoms. The average molecular weight is 256 g/mol. The molecule has 3 nitrogen and oxygen atoms in total. The normalized spacial score (nSPS) is 4.00. The van der Waals surface area contributed by atoms with Gasteiger partial charge in [-0.15, -0.1) is 0 Å². The first-order chi connectivity index (χ1) is 1.73. The molecule has 0 amide bonds. The quantitative estimate of drug-likeness (QED) is 0.512. The molecule has 0 unspecified atom stereocenters. The topological polar surface area (TPSA) is 57.5 Å². The maximum atomic E-state index is 8.74. The Morgan fingerprint density at radius 3 is 1.33 bits per heavy atom. The van der Waals surface area contributed by atoms with Crippen LogP contribution < -0.4 is 0 Å². The van der Waals surface area contributed by atoms with Crippen LogP contribution in [-0.2, 0) is 51.2 Å². The van der Waals surface area contributed by atoms with Crippen molar-refractivity contribution in [2.45, 2.75) is 0 Å². The fourth-order valence-corrected chi connectivity index (χ4v) is 0. The Balaban J connectivity index is -0.0000000450. The number of hydrogen-bond donors (Lipinski definition) is 2. The van der Waals surface area contributed by atoms with Gasteiger partial charge in [0, 0.05) is 46.8 Å². The van der Waals surface area contributed by atoms with Crippen molar-refractivity contribution in [3.8, 4) is 0 Å².